The first-order valence-electron chi connectivity index (χ1n) is 8.07. The third-order valence-corrected chi connectivity index (χ3v) is 4.06. The zero-order valence-electron chi connectivity index (χ0n) is 13.9. The number of nitrogens with zero attached hydrogens (tertiary/aromatic N) is 1. The number of benzene rings is 1. The Morgan fingerprint density at radius 2 is 1.82 bits per heavy atom. The van der Waals surface area contributed by atoms with Crippen LogP contribution in [-0.4, -0.2) is 29.8 Å². The van der Waals surface area contributed by atoms with Gasteiger partial charge in [-0.2, -0.15) is 0 Å². The van der Waals surface area contributed by atoms with E-state index in [1.165, 1.54) is 6.42 Å². The van der Waals surface area contributed by atoms with Gasteiger partial charge in [-0.1, -0.05) is 33.8 Å². The molecule has 1 aliphatic rings. The molecule has 1 saturated heterocycles. The van der Waals surface area contributed by atoms with E-state index >= 15 is 0 Å². The SMILES string of the molecule is CC1CC(C)CN(C(=O)c2cccc(NC(=O)C(C)C)c2)C1. The molecule has 0 saturated carbocycles. The van der Waals surface area contributed by atoms with E-state index in [1.54, 1.807) is 6.07 Å². The minimum Gasteiger partial charge on any atom is -0.338 e. The number of hydrogen-bond acceptors (Lipinski definition) is 2. The van der Waals surface area contributed by atoms with Crippen LogP contribution < -0.4 is 5.32 Å². The van der Waals surface area contributed by atoms with Crippen LogP contribution in [0.15, 0.2) is 24.3 Å². The number of anilines is 1. The van der Waals surface area contributed by atoms with Crippen LogP contribution >= 0.6 is 0 Å². The number of carbonyl (C=O) groups is 2. The third kappa shape index (κ3) is 4.09. The Morgan fingerprint density at radius 1 is 1.18 bits per heavy atom. The van der Waals surface area contributed by atoms with Gasteiger partial charge in [0.15, 0.2) is 0 Å². The number of hydrogen-bond donors (Lipinski definition) is 1. The number of piperidine rings is 1. The maximum absolute atomic E-state index is 12.7. The maximum atomic E-state index is 12.7. The first-order chi connectivity index (χ1) is 10.4. The lowest BCUT2D eigenvalue weighted by molar-refractivity contribution is -0.118. The van der Waals surface area contributed by atoms with E-state index < -0.39 is 0 Å². The highest BCUT2D eigenvalue weighted by Gasteiger charge is 2.26. The van der Waals surface area contributed by atoms with Crippen molar-refractivity contribution in [2.75, 3.05) is 18.4 Å². The average molecular weight is 302 g/mol. The van der Waals surface area contributed by atoms with Crippen molar-refractivity contribution in [3.8, 4) is 0 Å². The highest BCUT2D eigenvalue weighted by molar-refractivity contribution is 5.97. The molecule has 4 heteroatoms. The van der Waals surface area contributed by atoms with E-state index in [0.717, 1.165) is 13.1 Å². The molecule has 0 bridgehead atoms. The molecule has 2 atom stereocenters. The summed E-state index contributed by atoms with van der Waals surface area (Å²) in [6.45, 7) is 9.70. The van der Waals surface area contributed by atoms with Gasteiger partial charge in [0.2, 0.25) is 5.91 Å². The Kier molecular flexibility index (Phi) is 5.22. The molecule has 4 nitrogen and oxygen atoms in total. The van der Waals surface area contributed by atoms with Gasteiger partial charge in [-0.25, -0.2) is 0 Å². The quantitative estimate of drug-likeness (QED) is 0.930. The Labute approximate surface area is 132 Å². The Morgan fingerprint density at radius 3 is 2.41 bits per heavy atom. The lowest BCUT2D eigenvalue weighted by Gasteiger charge is -2.35. The highest BCUT2D eigenvalue weighted by atomic mass is 16.2. The van der Waals surface area contributed by atoms with Gasteiger partial charge in [-0.15, -0.1) is 0 Å². The molecular formula is C18H26N2O2. The molecule has 1 aromatic carbocycles. The van der Waals surface area contributed by atoms with Crippen LogP contribution in [0.4, 0.5) is 5.69 Å². The van der Waals surface area contributed by atoms with Gasteiger partial charge in [0.25, 0.3) is 5.91 Å². The lowest BCUT2D eigenvalue weighted by Crippen LogP contribution is -2.42. The average Bonchev–Trinajstić information content (AvgIpc) is 2.45. The second-order valence-electron chi connectivity index (χ2n) is 6.88. The second kappa shape index (κ2) is 6.95. The molecule has 1 aromatic rings. The van der Waals surface area contributed by atoms with Crippen LogP contribution in [0.1, 0.15) is 44.5 Å². The largest absolute Gasteiger partial charge is 0.338 e. The number of rotatable bonds is 3. The Hall–Kier alpha value is -1.84. The van der Waals surface area contributed by atoms with Gasteiger partial charge < -0.3 is 10.2 Å². The molecule has 2 rings (SSSR count). The zero-order valence-corrected chi connectivity index (χ0v) is 13.9. The summed E-state index contributed by atoms with van der Waals surface area (Å²) in [5, 5.41) is 2.85. The molecule has 1 heterocycles. The van der Waals surface area contributed by atoms with Crippen molar-refractivity contribution in [1.82, 2.24) is 4.90 Å². The molecule has 22 heavy (non-hydrogen) atoms. The summed E-state index contributed by atoms with van der Waals surface area (Å²) in [6.07, 6.45) is 1.17. The van der Waals surface area contributed by atoms with Crippen LogP contribution in [0.25, 0.3) is 0 Å². The van der Waals surface area contributed by atoms with E-state index in [1.807, 2.05) is 36.9 Å². The second-order valence-corrected chi connectivity index (χ2v) is 6.88. The van der Waals surface area contributed by atoms with Crippen molar-refractivity contribution in [3.05, 3.63) is 29.8 Å². The van der Waals surface area contributed by atoms with Gasteiger partial charge in [0.1, 0.15) is 0 Å². The standard InChI is InChI=1S/C18H26N2O2/c1-12(2)17(21)19-16-7-5-6-15(9-16)18(22)20-10-13(3)8-14(4)11-20/h5-7,9,12-14H,8,10-11H2,1-4H3,(H,19,21). The molecule has 1 N–H and O–H groups in total. The third-order valence-electron chi connectivity index (χ3n) is 4.06. The first-order valence-corrected chi connectivity index (χ1v) is 8.07. The van der Waals surface area contributed by atoms with Crippen molar-refractivity contribution < 1.29 is 9.59 Å². The molecular weight excluding hydrogens is 276 g/mol. The summed E-state index contributed by atoms with van der Waals surface area (Å²) in [5.41, 5.74) is 1.32. The van der Waals surface area contributed by atoms with E-state index in [2.05, 4.69) is 19.2 Å². The summed E-state index contributed by atoms with van der Waals surface area (Å²) in [7, 11) is 0. The minimum atomic E-state index is -0.0804. The Bertz CT molecular complexity index is 544. The minimum absolute atomic E-state index is 0.0372. The van der Waals surface area contributed by atoms with Crippen LogP contribution in [-0.2, 0) is 4.79 Å². The molecule has 2 amide bonds. The predicted octanol–water partition coefficient (Wildman–Crippen LogP) is 3.40. The Balaban J connectivity index is 2.11. The number of carbonyl (C=O) groups excluding carboxylic acids is 2. The smallest absolute Gasteiger partial charge is 0.253 e. The molecule has 0 radical (unpaired) electrons. The summed E-state index contributed by atoms with van der Waals surface area (Å²) in [6, 6.07) is 7.22. The maximum Gasteiger partial charge on any atom is 0.253 e. The van der Waals surface area contributed by atoms with Gasteiger partial charge >= 0.3 is 0 Å². The van der Waals surface area contributed by atoms with E-state index in [4.69, 9.17) is 0 Å². The van der Waals surface area contributed by atoms with Crippen molar-refractivity contribution in [2.24, 2.45) is 17.8 Å². The van der Waals surface area contributed by atoms with Crippen molar-refractivity contribution in [3.63, 3.8) is 0 Å². The number of likely N-dealkylation sites (tertiary alicyclic amines) is 1. The van der Waals surface area contributed by atoms with E-state index in [9.17, 15) is 9.59 Å². The van der Waals surface area contributed by atoms with Crippen LogP contribution in [0, 0.1) is 17.8 Å². The van der Waals surface area contributed by atoms with E-state index in [0.29, 0.717) is 23.1 Å². The van der Waals surface area contributed by atoms with Crippen molar-refractivity contribution >= 4 is 17.5 Å². The fourth-order valence-electron chi connectivity index (χ4n) is 3.03. The van der Waals surface area contributed by atoms with Crippen LogP contribution in [0.2, 0.25) is 0 Å². The monoisotopic (exact) mass is 302 g/mol. The van der Waals surface area contributed by atoms with Crippen LogP contribution in [0.5, 0.6) is 0 Å². The van der Waals surface area contributed by atoms with Crippen molar-refractivity contribution in [1.29, 1.82) is 0 Å². The molecule has 120 valence electrons. The van der Waals surface area contributed by atoms with Gasteiger partial charge in [0, 0.05) is 30.3 Å². The molecule has 0 aliphatic carbocycles. The molecule has 0 spiro atoms. The summed E-state index contributed by atoms with van der Waals surface area (Å²) >= 11 is 0. The number of amides is 2. The summed E-state index contributed by atoms with van der Waals surface area (Å²) in [4.78, 5) is 26.4. The van der Waals surface area contributed by atoms with E-state index in [-0.39, 0.29) is 17.7 Å². The predicted molar refractivity (Wildman–Crippen MR) is 88.8 cm³/mol. The van der Waals surface area contributed by atoms with Gasteiger partial charge in [-0.3, -0.25) is 9.59 Å². The van der Waals surface area contributed by atoms with Gasteiger partial charge in [-0.05, 0) is 36.5 Å². The van der Waals surface area contributed by atoms with Crippen molar-refractivity contribution in [2.45, 2.75) is 34.1 Å². The fourth-order valence-corrected chi connectivity index (χ4v) is 3.03. The topological polar surface area (TPSA) is 49.4 Å². The summed E-state index contributed by atoms with van der Waals surface area (Å²) in [5.74, 6) is 1.01. The van der Waals surface area contributed by atoms with Crippen LogP contribution in [0.3, 0.4) is 0 Å². The number of nitrogens with one attached hydrogen (secondary N) is 1. The zero-order chi connectivity index (χ0) is 16.3. The van der Waals surface area contributed by atoms with Gasteiger partial charge in [0.05, 0.1) is 0 Å². The first kappa shape index (κ1) is 16.5. The summed E-state index contributed by atoms with van der Waals surface area (Å²) < 4.78 is 0. The lowest BCUT2D eigenvalue weighted by atomic mass is 9.91. The molecule has 1 fully saturated rings. The fraction of sp³-hybridized carbons (Fsp3) is 0.556. The highest BCUT2D eigenvalue weighted by Crippen LogP contribution is 2.23. The molecule has 0 aromatic heterocycles. The normalized spacial score (nSPS) is 21.8. The molecule has 2 unspecified atom stereocenters. The molecule has 1 aliphatic heterocycles.